The van der Waals surface area contributed by atoms with Crippen LogP contribution in [0.25, 0.3) is 0 Å². The molecule has 1 N–H and O–H groups in total. The molecule has 0 heterocycles. The normalized spacial score (nSPS) is 35.6. The molecule has 3 unspecified atom stereocenters. The molecule has 3 heteroatoms. The van der Waals surface area contributed by atoms with Gasteiger partial charge in [0.2, 0.25) is 0 Å². The number of rotatable bonds is 3. The van der Waals surface area contributed by atoms with Crippen LogP contribution in [-0.4, -0.2) is 20.3 Å². The number of fused-ring (bicyclic) bond motifs is 2. The van der Waals surface area contributed by atoms with E-state index < -0.39 is 13.7 Å². The Morgan fingerprint density at radius 3 is 2.30 bits per heavy atom. The summed E-state index contributed by atoms with van der Waals surface area (Å²) in [6.07, 6.45) is 3.47. The molecule has 0 spiro atoms. The summed E-state index contributed by atoms with van der Waals surface area (Å²) in [5.41, 5.74) is 0.0384. The van der Waals surface area contributed by atoms with E-state index in [-0.39, 0.29) is 10.8 Å². The third-order valence-corrected chi connectivity index (χ3v) is 8.99. The van der Waals surface area contributed by atoms with Crippen molar-refractivity contribution in [3.8, 4) is 5.75 Å². The lowest BCUT2D eigenvalue weighted by Crippen LogP contribution is -2.52. The van der Waals surface area contributed by atoms with Crippen LogP contribution in [0.5, 0.6) is 5.75 Å². The third kappa shape index (κ3) is 2.02. The summed E-state index contributed by atoms with van der Waals surface area (Å²) in [7, 11) is 0.216. The molecule has 2 aliphatic carbocycles. The first kappa shape index (κ1) is 17.0. The van der Waals surface area contributed by atoms with Gasteiger partial charge in [0.15, 0.2) is 0 Å². The van der Waals surface area contributed by atoms with Crippen LogP contribution in [0.1, 0.15) is 45.6 Å². The Labute approximate surface area is 142 Å². The quantitative estimate of drug-likeness (QED) is 0.837. The van der Waals surface area contributed by atoms with Crippen molar-refractivity contribution < 1.29 is 9.84 Å². The summed E-state index contributed by atoms with van der Waals surface area (Å²) in [5.74, 6) is 1.54. The first-order valence-corrected chi connectivity index (χ1v) is 12.4. The molecule has 2 nitrogen and oxygen atoms in total. The average Bonchev–Trinajstić information content (AvgIpc) is 2.93. The average molecular weight is 333 g/mol. The Kier molecular flexibility index (Phi) is 3.60. The number of para-hydroxylation sites is 1. The molecule has 0 radical (unpaired) electrons. The maximum Gasteiger partial charge on any atom is 0.124 e. The second-order valence-electron chi connectivity index (χ2n) is 9.57. The molecule has 2 bridgehead atoms. The second kappa shape index (κ2) is 4.86. The van der Waals surface area contributed by atoms with E-state index in [9.17, 15) is 5.11 Å². The summed E-state index contributed by atoms with van der Waals surface area (Å²) in [6.45, 7) is 13.8. The van der Waals surface area contributed by atoms with Gasteiger partial charge in [0, 0.05) is 16.4 Å². The van der Waals surface area contributed by atoms with E-state index >= 15 is 0 Å². The first-order valence-electron chi connectivity index (χ1n) is 8.89. The van der Waals surface area contributed by atoms with Gasteiger partial charge in [-0.05, 0) is 30.4 Å². The SMILES string of the molecule is COc1c(C2(O)C3(C)CCC(C3)C2(C)C)cccc1[Si](C)(C)C. The highest BCUT2D eigenvalue weighted by Crippen LogP contribution is 2.72. The van der Waals surface area contributed by atoms with Crippen LogP contribution >= 0.6 is 0 Å². The monoisotopic (exact) mass is 332 g/mol. The highest BCUT2D eigenvalue weighted by Gasteiger charge is 2.69. The number of aliphatic hydroxyl groups is 1. The Morgan fingerprint density at radius 2 is 1.83 bits per heavy atom. The van der Waals surface area contributed by atoms with Gasteiger partial charge < -0.3 is 9.84 Å². The van der Waals surface area contributed by atoms with Gasteiger partial charge in [-0.1, -0.05) is 58.6 Å². The van der Waals surface area contributed by atoms with Crippen LogP contribution < -0.4 is 9.92 Å². The lowest BCUT2D eigenvalue weighted by molar-refractivity contribution is -0.151. The number of methoxy groups -OCH3 is 1. The maximum atomic E-state index is 12.1. The molecule has 2 saturated carbocycles. The van der Waals surface area contributed by atoms with Crippen molar-refractivity contribution in [2.75, 3.05) is 7.11 Å². The van der Waals surface area contributed by atoms with Gasteiger partial charge in [0.05, 0.1) is 15.2 Å². The largest absolute Gasteiger partial charge is 0.496 e. The molecule has 0 amide bonds. The van der Waals surface area contributed by atoms with Gasteiger partial charge in [-0.25, -0.2) is 0 Å². The number of hydrogen-bond acceptors (Lipinski definition) is 2. The maximum absolute atomic E-state index is 12.1. The van der Waals surface area contributed by atoms with Gasteiger partial charge in [0.1, 0.15) is 11.4 Å². The molecule has 2 fully saturated rings. The minimum atomic E-state index is -1.54. The molecule has 2 aliphatic rings. The summed E-state index contributed by atoms with van der Waals surface area (Å²) in [5, 5.41) is 13.4. The van der Waals surface area contributed by atoms with Crippen molar-refractivity contribution in [3.05, 3.63) is 23.8 Å². The summed E-state index contributed by atoms with van der Waals surface area (Å²) in [6, 6.07) is 6.42. The van der Waals surface area contributed by atoms with E-state index in [1.807, 2.05) is 0 Å². The zero-order valence-electron chi connectivity index (χ0n) is 15.8. The van der Waals surface area contributed by atoms with Crippen LogP contribution in [0.15, 0.2) is 18.2 Å². The lowest BCUT2D eigenvalue weighted by Gasteiger charge is -2.51. The van der Waals surface area contributed by atoms with E-state index in [0.29, 0.717) is 5.92 Å². The molecule has 128 valence electrons. The lowest BCUT2D eigenvalue weighted by atomic mass is 9.57. The molecule has 1 aromatic rings. The summed E-state index contributed by atoms with van der Waals surface area (Å²) < 4.78 is 5.90. The molecule has 3 atom stereocenters. The number of ether oxygens (including phenoxy) is 1. The topological polar surface area (TPSA) is 29.5 Å². The van der Waals surface area contributed by atoms with Crippen LogP contribution in [-0.2, 0) is 5.60 Å². The minimum absolute atomic E-state index is 0.0491. The fraction of sp³-hybridized carbons (Fsp3) is 0.700. The van der Waals surface area contributed by atoms with E-state index in [1.165, 1.54) is 11.6 Å². The molecule has 3 rings (SSSR count). The third-order valence-electron chi connectivity index (χ3n) is 6.99. The smallest absolute Gasteiger partial charge is 0.124 e. The highest BCUT2D eigenvalue weighted by atomic mass is 28.3. The molecule has 1 aromatic carbocycles. The van der Waals surface area contributed by atoms with E-state index in [0.717, 1.165) is 24.2 Å². The van der Waals surface area contributed by atoms with Crippen molar-refractivity contribution in [1.82, 2.24) is 0 Å². The summed E-state index contributed by atoms with van der Waals surface area (Å²) >= 11 is 0. The first-order chi connectivity index (χ1) is 10.5. The number of hydrogen-bond donors (Lipinski definition) is 1. The molecule has 0 aliphatic heterocycles. The van der Waals surface area contributed by atoms with Gasteiger partial charge in [-0.15, -0.1) is 0 Å². The minimum Gasteiger partial charge on any atom is -0.496 e. The van der Waals surface area contributed by atoms with E-state index in [2.05, 4.69) is 58.6 Å². The van der Waals surface area contributed by atoms with Gasteiger partial charge in [-0.3, -0.25) is 0 Å². The fourth-order valence-electron chi connectivity index (χ4n) is 5.56. The molecule has 23 heavy (non-hydrogen) atoms. The van der Waals surface area contributed by atoms with E-state index in [1.54, 1.807) is 7.11 Å². The van der Waals surface area contributed by atoms with Crippen LogP contribution in [0, 0.1) is 16.7 Å². The predicted octanol–water partition coefficient (Wildman–Crippen LogP) is 4.27. The zero-order chi connectivity index (χ0) is 17.3. The molecule has 0 saturated heterocycles. The Bertz CT molecular complexity index is 624. The Hall–Kier alpha value is -0.803. The predicted molar refractivity (Wildman–Crippen MR) is 99.1 cm³/mol. The summed E-state index contributed by atoms with van der Waals surface area (Å²) in [4.78, 5) is 0. The van der Waals surface area contributed by atoms with Crippen molar-refractivity contribution in [2.24, 2.45) is 16.7 Å². The standard InChI is InChI=1S/C20H32O2Si/c1-18(2)14-11-12-19(3,13-14)20(18,21)15-9-8-10-16(17(15)22-4)23(5,6)7/h8-10,14,21H,11-13H2,1-7H3. The van der Waals surface area contributed by atoms with Crippen molar-refractivity contribution in [3.63, 3.8) is 0 Å². The molecular formula is C20H32O2Si. The van der Waals surface area contributed by atoms with Gasteiger partial charge in [0.25, 0.3) is 0 Å². The fourth-order valence-corrected chi connectivity index (χ4v) is 7.08. The molecular weight excluding hydrogens is 300 g/mol. The van der Waals surface area contributed by atoms with Crippen molar-refractivity contribution >= 4 is 13.3 Å². The molecule has 0 aromatic heterocycles. The zero-order valence-corrected chi connectivity index (χ0v) is 16.8. The van der Waals surface area contributed by atoms with Crippen LogP contribution in [0.3, 0.4) is 0 Å². The Morgan fingerprint density at radius 1 is 1.17 bits per heavy atom. The highest BCUT2D eigenvalue weighted by molar-refractivity contribution is 6.89. The second-order valence-corrected chi connectivity index (χ2v) is 14.6. The van der Waals surface area contributed by atoms with E-state index in [4.69, 9.17) is 4.74 Å². The van der Waals surface area contributed by atoms with Crippen LogP contribution in [0.4, 0.5) is 0 Å². The van der Waals surface area contributed by atoms with Crippen molar-refractivity contribution in [1.29, 1.82) is 0 Å². The number of benzene rings is 1. The van der Waals surface area contributed by atoms with Gasteiger partial charge in [-0.2, -0.15) is 0 Å². The van der Waals surface area contributed by atoms with Gasteiger partial charge >= 0.3 is 0 Å². The van der Waals surface area contributed by atoms with Crippen LogP contribution in [0.2, 0.25) is 19.6 Å². The Balaban J connectivity index is 2.26. The van der Waals surface area contributed by atoms with Crippen molar-refractivity contribution in [2.45, 2.75) is 65.3 Å².